The van der Waals surface area contributed by atoms with Crippen molar-refractivity contribution in [2.45, 2.75) is 19.3 Å². The van der Waals surface area contributed by atoms with Gasteiger partial charge in [-0.05, 0) is 43.5 Å². The third-order valence-corrected chi connectivity index (χ3v) is 4.74. The number of carbonyl (C=O) groups is 2. The fourth-order valence-corrected chi connectivity index (χ4v) is 3.29. The lowest BCUT2D eigenvalue weighted by atomic mass is 10.1. The topological polar surface area (TPSA) is 70.1 Å². The Morgan fingerprint density at radius 1 is 1.04 bits per heavy atom. The van der Waals surface area contributed by atoms with Gasteiger partial charge in [0.05, 0.1) is 19.1 Å². The Hall–Kier alpha value is -2.08. The maximum Gasteiger partial charge on any atom is 0.310 e. The van der Waals surface area contributed by atoms with Crippen molar-refractivity contribution in [1.82, 2.24) is 4.90 Å². The van der Waals surface area contributed by atoms with Crippen LogP contribution in [0.4, 0.5) is 5.69 Å². The van der Waals surface area contributed by atoms with Crippen molar-refractivity contribution in [2.24, 2.45) is 5.92 Å². The second-order valence-electron chi connectivity index (χ2n) is 6.46. The SMILES string of the molecule is O=C(O)C1COCCN(C(=O)c2ccc(N3CCCCC3)cc2)C1. The molecule has 6 heteroatoms. The summed E-state index contributed by atoms with van der Waals surface area (Å²) in [6, 6.07) is 7.66. The highest BCUT2D eigenvalue weighted by Gasteiger charge is 2.27. The van der Waals surface area contributed by atoms with Gasteiger partial charge >= 0.3 is 5.97 Å². The Balaban J connectivity index is 1.68. The summed E-state index contributed by atoms with van der Waals surface area (Å²) < 4.78 is 5.30. The van der Waals surface area contributed by atoms with E-state index in [-0.39, 0.29) is 19.1 Å². The molecule has 24 heavy (non-hydrogen) atoms. The predicted octanol–water partition coefficient (Wildman–Crippen LogP) is 1.85. The van der Waals surface area contributed by atoms with E-state index in [0.29, 0.717) is 18.7 Å². The lowest BCUT2D eigenvalue weighted by molar-refractivity contribution is -0.143. The van der Waals surface area contributed by atoms with Crippen LogP contribution in [-0.4, -0.2) is 61.3 Å². The summed E-state index contributed by atoms with van der Waals surface area (Å²) in [5.41, 5.74) is 1.75. The number of ether oxygens (including phenoxy) is 1. The number of carboxylic acid groups (broad SMARTS) is 1. The number of amides is 1. The number of anilines is 1. The molecule has 2 fully saturated rings. The molecular weight excluding hydrogens is 308 g/mol. The van der Waals surface area contributed by atoms with Crippen molar-refractivity contribution in [2.75, 3.05) is 44.3 Å². The van der Waals surface area contributed by atoms with E-state index in [2.05, 4.69) is 4.90 Å². The molecule has 0 saturated carbocycles. The van der Waals surface area contributed by atoms with Crippen LogP contribution in [0.1, 0.15) is 29.6 Å². The fourth-order valence-electron chi connectivity index (χ4n) is 3.29. The van der Waals surface area contributed by atoms with Crippen LogP contribution in [0.5, 0.6) is 0 Å². The van der Waals surface area contributed by atoms with Gasteiger partial charge in [-0.15, -0.1) is 0 Å². The number of carbonyl (C=O) groups excluding carboxylic acids is 1. The summed E-state index contributed by atoms with van der Waals surface area (Å²) in [5, 5.41) is 9.19. The van der Waals surface area contributed by atoms with Crippen LogP contribution in [0.2, 0.25) is 0 Å². The number of piperidine rings is 1. The molecule has 0 aliphatic carbocycles. The van der Waals surface area contributed by atoms with E-state index in [1.54, 1.807) is 4.90 Å². The van der Waals surface area contributed by atoms with Gasteiger partial charge in [-0.25, -0.2) is 0 Å². The van der Waals surface area contributed by atoms with Crippen molar-refractivity contribution in [3.8, 4) is 0 Å². The molecule has 1 N–H and O–H groups in total. The number of nitrogens with zero attached hydrogens (tertiary/aromatic N) is 2. The lowest BCUT2D eigenvalue weighted by Crippen LogP contribution is -2.38. The molecule has 0 spiro atoms. The van der Waals surface area contributed by atoms with Crippen molar-refractivity contribution >= 4 is 17.6 Å². The Bertz CT molecular complexity index is 581. The van der Waals surface area contributed by atoms with Crippen molar-refractivity contribution in [3.63, 3.8) is 0 Å². The molecule has 2 heterocycles. The minimum atomic E-state index is -0.921. The van der Waals surface area contributed by atoms with E-state index in [1.165, 1.54) is 19.3 Å². The molecule has 1 amide bonds. The molecule has 1 unspecified atom stereocenters. The van der Waals surface area contributed by atoms with Gasteiger partial charge in [-0.3, -0.25) is 9.59 Å². The summed E-state index contributed by atoms with van der Waals surface area (Å²) in [6.07, 6.45) is 3.71. The van der Waals surface area contributed by atoms with E-state index in [0.717, 1.165) is 18.8 Å². The molecule has 1 aromatic rings. The number of hydrogen-bond donors (Lipinski definition) is 1. The first-order valence-electron chi connectivity index (χ1n) is 8.60. The number of rotatable bonds is 3. The van der Waals surface area contributed by atoms with Gasteiger partial charge in [0.15, 0.2) is 0 Å². The molecule has 2 aliphatic rings. The molecule has 0 aromatic heterocycles. The van der Waals surface area contributed by atoms with Crippen LogP contribution in [-0.2, 0) is 9.53 Å². The van der Waals surface area contributed by atoms with Gasteiger partial charge < -0.3 is 19.6 Å². The van der Waals surface area contributed by atoms with E-state index in [9.17, 15) is 14.7 Å². The zero-order chi connectivity index (χ0) is 16.9. The second-order valence-corrected chi connectivity index (χ2v) is 6.46. The van der Waals surface area contributed by atoms with Crippen molar-refractivity contribution < 1.29 is 19.4 Å². The molecular formula is C18H24N2O4. The first-order chi connectivity index (χ1) is 11.6. The predicted molar refractivity (Wildman–Crippen MR) is 90.4 cm³/mol. The Morgan fingerprint density at radius 2 is 1.75 bits per heavy atom. The van der Waals surface area contributed by atoms with Crippen LogP contribution < -0.4 is 4.90 Å². The standard InChI is InChI=1S/C18H24N2O4/c21-17(20-10-11-24-13-15(12-20)18(22)23)14-4-6-16(7-5-14)19-8-2-1-3-9-19/h4-7,15H,1-3,8-13H2,(H,22,23). The molecule has 0 radical (unpaired) electrons. The largest absolute Gasteiger partial charge is 0.481 e. The highest BCUT2D eigenvalue weighted by atomic mass is 16.5. The Kier molecular flexibility index (Phi) is 5.35. The molecule has 1 atom stereocenters. The number of carboxylic acids is 1. The van der Waals surface area contributed by atoms with Crippen LogP contribution in [0, 0.1) is 5.92 Å². The van der Waals surface area contributed by atoms with Crippen LogP contribution in [0.15, 0.2) is 24.3 Å². The quantitative estimate of drug-likeness (QED) is 0.915. The summed E-state index contributed by atoms with van der Waals surface area (Å²) >= 11 is 0. The van der Waals surface area contributed by atoms with Crippen molar-refractivity contribution in [3.05, 3.63) is 29.8 Å². The van der Waals surface area contributed by atoms with Crippen molar-refractivity contribution in [1.29, 1.82) is 0 Å². The molecule has 3 rings (SSSR count). The molecule has 2 saturated heterocycles. The van der Waals surface area contributed by atoms with Crippen LogP contribution in [0.3, 0.4) is 0 Å². The van der Waals surface area contributed by atoms with Gasteiger partial charge in [-0.1, -0.05) is 0 Å². The average Bonchev–Trinajstić information content (AvgIpc) is 2.88. The number of benzene rings is 1. The minimum Gasteiger partial charge on any atom is -0.481 e. The highest BCUT2D eigenvalue weighted by Crippen LogP contribution is 2.21. The third-order valence-electron chi connectivity index (χ3n) is 4.74. The average molecular weight is 332 g/mol. The van der Waals surface area contributed by atoms with Gasteiger partial charge in [0.1, 0.15) is 0 Å². The Morgan fingerprint density at radius 3 is 2.42 bits per heavy atom. The van der Waals surface area contributed by atoms with Gasteiger partial charge in [0.25, 0.3) is 5.91 Å². The number of hydrogen-bond acceptors (Lipinski definition) is 4. The molecule has 130 valence electrons. The maximum atomic E-state index is 12.7. The minimum absolute atomic E-state index is 0.128. The molecule has 6 nitrogen and oxygen atoms in total. The fraction of sp³-hybridized carbons (Fsp3) is 0.556. The number of aliphatic carboxylic acids is 1. The van der Waals surface area contributed by atoms with Gasteiger partial charge in [0.2, 0.25) is 0 Å². The smallest absolute Gasteiger partial charge is 0.310 e. The van der Waals surface area contributed by atoms with Crippen LogP contribution in [0.25, 0.3) is 0 Å². The monoisotopic (exact) mass is 332 g/mol. The van der Waals surface area contributed by atoms with Crippen LogP contribution >= 0.6 is 0 Å². The summed E-state index contributed by atoms with van der Waals surface area (Å²) in [5.74, 6) is -1.71. The zero-order valence-corrected chi connectivity index (χ0v) is 13.8. The molecule has 1 aromatic carbocycles. The Labute approximate surface area is 142 Å². The second kappa shape index (κ2) is 7.66. The lowest BCUT2D eigenvalue weighted by Gasteiger charge is -2.29. The summed E-state index contributed by atoms with van der Waals surface area (Å²) in [4.78, 5) is 27.8. The normalized spacial score (nSPS) is 22.1. The summed E-state index contributed by atoms with van der Waals surface area (Å²) in [6.45, 7) is 3.29. The first-order valence-corrected chi connectivity index (χ1v) is 8.60. The maximum absolute atomic E-state index is 12.7. The van der Waals surface area contributed by atoms with Gasteiger partial charge in [0, 0.05) is 37.4 Å². The summed E-state index contributed by atoms with van der Waals surface area (Å²) in [7, 11) is 0. The highest BCUT2D eigenvalue weighted by molar-refractivity contribution is 5.94. The zero-order valence-electron chi connectivity index (χ0n) is 13.8. The molecule has 0 bridgehead atoms. The first kappa shape index (κ1) is 16.8. The van der Waals surface area contributed by atoms with E-state index < -0.39 is 11.9 Å². The van der Waals surface area contributed by atoms with E-state index in [4.69, 9.17) is 4.74 Å². The van der Waals surface area contributed by atoms with E-state index >= 15 is 0 Å². The van der Waals surface area contributed by atoms with Gasteiger partial charge in [-0.2, -0.15) is 0 Å². The third kappa shape index (κ3) is 3.87. The van der Waals surface area contributed by atoms with E-state index in [1.807, 2.05) is 24.3 Å². The molecule has 2 aliphatic heterocycles.